The lowest BCUT2D eigenvalue weighted by Crippen LogP contribution is -2.35. The Morgan fingerprint density at radius 3 is 2.84 bits per heavy atom. The van der Waals surface area contributed by atoms with E-state index in [9.17, 15) is 5.11 Å². The first-order chi connectivity index (χ1) is 9.16. The van der Waals surface area contributed by atoms with Gasteiger partial charge >= 0.3 is 0 Å². The van der Waals surface area contributed by atoms with Crippen molar-refractivity contribution in [3.05, 3.63) is 29.3 Å². The van der Waals surface area contributed by atoms with E-state index in [1.807, 2.05) is 12.1 Å². The number of phenols is 1. The van der Waals surface area contributed by atoms with Crippen LogP contribution < -0.4 is 5.32 Å². The molecule has 0 aliphatic heterocycles. The minimum absolute atomic E-state index is 0.402. The highest BCUT2D eigenvalue weighted by molar-refractivity contribution is 5.40. The maximum Gasteiger partial charge on any atom is 0.115 e. The fraction of sp³-hybridized carbons (Fsp3) is 0.647. The molecule has 0 saturated heterocycles. The molecule has 2 aliphatic rings. The van der Waals surface area contributed by atoms with Crippen molar-refractivity contribution in [3.8, 4) is 5.75 Å². The van der Waals surface area contributed by atoms with Crippen molar-refractivity contribution >= 4 is 0 Å². The summed E-state index contributed by atoms with van der Waals surface area (Å²) in [5.41, 5.74) is 3.22. The Morgan fingerprint density at radius 1 is 1.26 bits per heavy atom. The van der Waals surface area contributed by atoms with Gasteiger partial charge in [-0.3, -0.25) is 0 Å². The van der Waals surface area contributed by atoms with Crippen molar-refractivity contribution in [1.82, 2.24) is 5.32 Å². The maximum absolute atomic E-state index is 9.54. The first-order valence-corrected chi connectivity index (χ1v) is 7.72. The molecule has 1 fully saturated rings. The lowest BCUT2D eigenvalue weighted by molar-refractivity contribution is 0.200. The summed E-state index contributed by atoms with van der Waals surface area (Å²) >= 11 is 0. The highest BCUT2D eigenvalue weighted by atomic mass is 16.3. The lowest BCUT2D eigenvalue weighted by Gasteiger charge is -2.35. The number of benzene rings is 1. The van der Waals surface area contributed by atoms with E-state index >= 15 is 0 Å². The predicted octanol–water partition coefficient (Wildman–Crippen LogP) is 3.94. The summed E-state index contributed by atoms with van der Waals surface area (Å²) in [6, 6.07) is 6.34. The minimum atomic E-state index is 0.402. The van der Waals surface area contributed by atoms with Crippen LogP contribution in [0.15, 0.2) is 18.2 Å². The molecule has 0 heterocycles. The van der Waals surface area contributed by atoms with Gasteiger partial charge in [0.25, 0.3) is 0 Å². The fourth-order valence-corrected chi connectivity index (χ4v) is 3.77. The van der Waals surface area contributed by atoms with Crippen molar-refractivity contribution in [2.45, 2.75) is 57.9 Å². The van der Waals surface area contributed by atoms with Crippen molar-refractivity contribution in [2.75, 3.05) is 6.54 Å². The summed E-state index contributed by atoms with van der Waals surface area (Å²) < 4.78 is 0. The number of aromatic hydroxyl groups is 1. The molecule has 3 rings (SSSR count). The molecule has 0 spiro atoms. The SMILES string of the molecule is CC1(CNC2CCc3cc(O)ccc32)CCCCC1. The van der Waals surface area contributed by atoms with E-state index in [2.05, 4.69) is 18.3 Å². The number of aryl methyl sites for hydroxylation is 1. The molecule has 1 saturated carbocycles. The lowest BCUT2D eigenvalue weighted by atomic mass is 9.75. The molecule has 0 aromatic heterocycles. The summed E-state index contributed by atoms with van der Waals surface area (Å²) in [6.45, 7) is 3.57. The van der Waals surface area contributed by atoms with Crippen molar-refractivity contribution < 1.29 is 5.11 Å². The van der Waals surface area contributed by atoms with Crippen LogP contribution in [0.5, 0.6) is 5.75 Å². The molecule has 0 amide bonds. The van der Waals surface area contributed by atoms with Crippen LogP contribution in [0, 0.1) is 5.41 Å². The Balaban J connectivity index is 1.63. The Hall–Kier alpha value is -1.02. The number of hydrogen-bond acceptors (Lipinski definition) is 2. The largest absolute Gasteiger partial charge is 0.508 e. The summed E-state index contributed by atoms with van der Waals surface area (Å²) in [6.07, 6.45) is 9.22. The van der Waals surface area contributed by atoms with Gasteiger partial charge in [-0.05, 0) is 54.4 Å². The van der Waals surface area contributed by atoms with Crippen molar-refractivity contribution in [3.63, 3.8) is 0 Å². The smallest absolute Gasteiger partial charge is 0.115 e. The average molecular weight is 259 g/mol. The molecular formula is C17H25NO. The molecule has 1 aromatic carbocycles. The highest BCUT2D eigenvalue weighted by Crippen LogP contribution is 2.37. The van der Waals surface area contributed by atoms with E-state index in [1.54, 1.807) is 0 Å². The molecule has 1 aromatic rings. The van der Waals surface area contributed by atoms with Gasteiger partial charge in [0.05, 0.1) is 0 Å². The predicted molar refractivity (Wildman–Crippen MR) is 78.4 cm³/mol. The summed E-state index contributed by atoms with van der Waals surface area (Å²) in [4.78, 5) is 0. The zero-order valence-electron chi connectivity index (χ0n) is 11.9. The van der Waals surface area contributed by atoms with E-state index in [0.717, 1.165) is 13.0 Å². The third-order valence-electron chi connectivity index (χ3n) is 5.04. The Bertz CT molecular complexity index is 449. The molecule has 2 aliphatic carbocycles. The van der Waals surface area contributed by atoms with E-state index in [-0.39, 0.29) is 0 Å². The van der Waals surface area contributed by atoms with Gasteiger partial charge in [0.2, 0.25) is 0 Å². The van der Waals surface area contributed by atoms with Crippen LogP contribution in [-0.4, -0.2) is 11.7 Å². The number of hydrogen-bond donors (Lipinski definition) is 2. The zero-order chi connectivity index (χ0) is 13.3. The minimum Gasteiger partial charge on any atom is -0.508 e. The Kier molecular flexibility index (Phi) is 3.53. The number of fused-ring (bicyclic) bond motifs is 1. The van der Waals surface area contributed by atoms with Gasteiger partial charge in [-0.1, -0.05) is 32.3 Å². The van der Waals surface area contributed by atoms with Crippen LogP contribution in [0.2, 0.25) is 0 Å². The monoisotopic (exact) mass is 259 g/mol. The molecule has 0 radical (unpaired) electrons. The first kappa shape index (κ1) is 13.0. The quantitative estimate of drug-likeness (QED) is 0.861. The molecule has 19 heavy (non-hydrogen) atoms. The second-order valence-corrected chi connectivity index (χ2v) is 6.73. The number of nitrogens with one attached hydrogen (secondary N) is 1. The van der Waals surface area contributed by atoms with Crippen LogP contribution in [0.25, 0.3) is 0 Å². The molecular weight excluding hydrogens is 234 g/mol. The third-order valence-corrected chi connectivity index (χ3v) is 5.04. The molecule has 2 heteroatoms. The van der Waals surface area contributed by atoms with Gasteiger partial charge in [0.1, 0.15) is 5.75 Å². The van der Waals surface area contributed by atoms with Crippen LogP contribution in [0.4, 0.5) is 0 Å². The average Bonchev–Trinajstić information content (AvgIpc) is 2.79. The molecule has 1 unspecified atom stereocenters. The van der Waals surface area contributed by atoms with Gasteiger partial charge < -0.3 is 10.4 Å². The summed E-state index contributed by atoms with van der Waals surface area (Å²) in [7, 11) is 0. The number of phenolic OH excluding ortho intramolecular Hbond substituents is 1. The van der Waals surface area contributed by atoms with Crippen LogP contribution in [0.3, 0.4) is 0 Å². The summed E-state index contributed by atoms with van der Waals surface area (Å²) in [5, 5.41) is 13.3. The van der Waals surface area contributed by atoms with E-state index in [1.165, 1.54) is 49.7 Å². The van der Waals surface area contributed by atoms with Crippen LogP contribution in [0.1, 0.15) is 62.6 Å². The van der Waals surface area contributed by atoms with Crippen molar-refractivity contribution in [1.29, 1.82) is 0 Å². The van der Waals surface area contributed by atoms with E-state index in [0.29, 0.717) is 17.2 Å². The molecule has 1 atom stereocenters. The third kappa shape index (κ3) is 2.79. The summed E-state index contributed by atoms with van der Waals surface area (Å²) in [5.74, 6) is 0.402. The van der Waals surface area contributed by atoms with Crippen LogP contribution >= 0.6 is 0 Å². The Labute approximate surface area is 116 Å². The molecule has 0 bridgehead atoms. The van der Waals surface area contributed by atoms with Gasteiger partial charge in [-0.2, -0.15) is 0 Å². The van der Waals surface area contributed by atoms with Gasteiger partial charge in [0, 0.05) is 12.6 Å². The van der Waals surface area contributed by atoms with Gasteiger partial charge in [-0.15, -0.1) is 0 Å². The second-order valence-electron chi connectivity index (χ2n) is 6.73. The first-order valence-electron chi connectivity index (χ1n) is 7.72. The molecule has 2 nitrogen and oxygen atoms in total. The number of rotatable bonds is 3. The van der Waals surface area contributed by atoms with Crippen LogP contribution in [-0.2, 0) is 6.42 Å². The fourth-order valence-electron chi connectivity index (χ4n) is 3.77. The van der Waals surface area contributed by atoms with Crippen molar-refractivity contribution in [2.24, 2.45) is 5.41 Å². The zero-order valence-corrected chi connectivity index (χ0v) is 11.9. The standard InChI is InChI=1S/C17H25NO/c1-17(9-3-2-4-10-17)12-18-16-8-5-13-11-14(19)6-7-15(13)16/h6-7,11,16,18-19H,2-5,8-10,12H2,1H3. The second kappa shape index (κ2) is 5.16. The normalized spacial score (nSPS) is 25.2. The van der Waals surface area contributed by atoms with Gasteiger partial charge in [-0.25, -0.2) is 0 Å². The maximum atomic E-state index is 9.54. The highest BCUT2D eigenvalue weighted by Gasteiger charge is 2.29. The molecule has 104 valence electrons. The molecule has 2 N–H and O–H groups in total. The van der Waals surface area contributed by atoms with E-state index in [4.69, 9.17) is 0 Å². The Morgan fingerprint density at radius 2 is 2.05 bits per heavy atom. The van der Waals surface area contributed by atoms with E-state index < -0.39 is 0 Å². The topological polar surface area (TPSA) is 32.3 Å². The van der Waals surface area contributed by atoms with Gasteiger partial charge in [0.15, 0.2) is 0 Å².